The third kappa shape index (κ3) is 1.80. The van der Waals surface area contributed by atoms with Crippen molar-refractivity contribution < 1.29 is 0 Å². The van der Waals surface area contributed by atoms with Crippen molar-refractivity contribution in [1.29, 1.82) is 0 Å². The Kier molecular flexibility index (Phi) is 2.65. The van der Waals surface area contributed by atoms with Crippen LogP contribution in [0.25, 0.3) is 0 Å². The fourth-order valence-electron chi connectivity index (χ4n) is 0.959. The number of rotatable bonds is 4. The third-order valence-electron chi connectivity index (χ3n) is 1.66. The van der Waals surface area contributed by atoms with Gasteiger partial charge in [-0.05, 0) is 23.3 Å². The maximum absolute atomic E-state index is 3.96. The molecule has 1 aliphatic rings. The van der Waals surface area contributed by atoms with Crippen LogP contribution in [0.15, 0.2) is 5.16 Å². The molecule has 0 saturated heterocycles. The lowest BCUT2D eigenvalue weighted by Crippen LogP contribution is -1.99. The first-order valence-electron chi connectivity index (χ1n) is 3.88. The summed E-state index contributed by atoms with van der Waals surface area (Å²) in [7, 11) is 0. The number of tetrazole rings is 1. The van der Waals surface area contributed by atoms with Gasteiger partial charge in [-0.2, -0.15) is 0 Å². The number of thioether (sulfide) groups is 1. The summed E-state index contributed by atoms with van der Waals surface area (Å²) in [5, 5.41) is 13.5. The minimum absolute atomic E-state index is 0.581. The molecular formula is C6H9BrN4S. The monoisotopic (exact) mass is 248 g/mol. The second-order valence-electron chi connectivity index (χ2n) is 2.67. The van der Waals surface area contributed by atoms with E-state index >= 15 is 0 Å². The van der Waals surface area contributed by atoms with Gasteiger partial charge in [-0.25, -0.2) is 4.68 Å². The summed E-state index contributed by atoms with van der Waals surface area (Å²) < 4.78 is 1.94. The molecular weight excluding hydrogens is 240 g/mol. The summed E-state index contributed by atoms with van der Waals surface area (Å²) in [6, 6.07) is 0.581. The Labute approximate surface area is 83.2 Å². The zero-order valence-corrected chi connectivity index (χ0v) is 8.88. The van der Waals surface area contributed by atoms with E-state index in [-0.39, 0.29) is 0 Å². The van der Waals surface area contributed by atoms with Crippen LogP contribution in [0.2, 0.25) is 0 Å². The first kappa shape index (κ1) is 8.50. The van der Waals surface area contributed by atoms with E-state index in [0.717, 1.165) is 16.2 Å². The average molecular weight is 249 g/mol. The Hall–Kier alpha value is -0.100. The molecule has 0 unspecified atom stereocenters. The Morgan fingerprint density at radius 1 is 1.58 bits per heavy atom. The number of aromatic nitrogens is 4. The van der Waals surface area contributed by atoms with Gasteiger partial charge in [0.15, 0.2) is 0 Å². The quantitative estimate of drug-likeness (QED) is 0.599. The summed E-state index contributed by atoms with van der Waals surface area (Å²) >= 11 is 5.08. The Bertz CT molecular complexity index is 260. The molecule has 0 aromatic carbocycles. The molecule has 1 fully saturated rings. The minimum atomic E-state index is 0.581. The van der Waals surface area contributed by atoms with Crippen LogP contribution >= 0.6 is 27.7 Å². The maximum Gasteiger partial charge on any atom is 0.209 e. The van der Waals surface area contributed by atoms with Crippen molar-refractivity contribution in [2.75, 3.05) is 11.1 Å². The predicted molar refractivity (Wildman–Crippen MR) is 50.6 cm³/mol. The minimum Gasteiger partial charge on any atom is -0.217 e. The lowest BCUT2D eigenvalue weighted by Gasteiger charge is -1.98. The van der Waals surface area contributed by atoms with Gasteiger partial charge in [0.2, 0.25) is 5.16 Å². The van der Waals surface area contributed by atoms with Crippen molar-refractivity contribution in [2.45, 2.75) is 24.0 Å². The molecule has 12 heavy (non-hydrogen) atoms. The largest absolute Gasteiger partial charge is 0.217 e. The van der Waals surface area contributed by atoms with Gasteiger partial charge in [-0.3, -0.25) is 0 Å². The van der Waals surface area contributed by atoms with Crippen molar-refractivity contribution in [3.63, 3.8) is 0 Å². The van der Waals surface area contributed by atoms with E-state index in [1.54, 1.807) is 11.8 Å². The van der Waals surface area contributed by atoms with Crippen molar-refractivity contribution in [1.82, 2.24) is 20.2 Å². The van der Waals surface area contributed by atoms with E-state index < -0.39 is 0 Å². The molecule has 66 valence electrons. The van der Waals surface area contributed by atoms with Crippen LogP contribution in [-0.2, 0) is 0 Å². The molecule has 4 nitrogen and oxygen atoms in total. The first-order chi connectivity index (χ1) is 5.92. The Morgan fingerprint density at radius 2 is 2.42 bits per heavy atom. The summed E-state index contributed by atoms with van der Waals surface area (Å²) in [4.78, 5) is 0. The van der Waals surface area contributed by atoms with Gasteiger partial charge in [0.05, 0.1) is 6.04 Å². The van der Waals surface area contributed by atoms with E-state index in [9.17, 15) is 0 Å². The van der Waals surface area contributed by atoms with Crippen LogP contribution in [-0.4, -0.2) is 31.3 Å². The fraction of sp³-hybridized carbons (Fsp3) is 0.833. The maximum atomic E-state index is 3.96. The zero-order valence-electron chi connectivity index (χ0n) is 6.48. The van der Waals surface area contributed by atoms with E-state index in [1.165, 1.54) is 12.8 Å². The van der Waals surface area contributed by atoms with Gasteiger partial charge in [0, 0.05) is 11.1 Å². The van der Waals surface area contributed by atoms with E-state index in [4.69, 9.17) is 0 Å². The average Bonchev–Trinajstić information content (AvgIpc) is 2.83. The highest BCUT2D eigenvalue weighted by molar-refractivity contribution is 9.09. The number of nitrogens with zero attached hydrogens (tertiary/aromatic N) is 4. The SMILES string of the molecule is BrCCSc1nnnn1C1CC1. The molecule has 1 heterocycles. The smallest absolute Gasteiger partial charge is 0.209 e. The van der Waals surface area contributed by atoms with E-state index in [1.807, 2.05) is 4.68 Å². The summed E-state index contributed by atoms with van der Waals surface area (Å²) in [6.45, 7) is 0. The van der Waals surface area contributed by atoms with Crippen LogP contribution in [0.3, 0.4) is 0 Å². The highest BCUT2D eigenvalue weighted by Gasteiger charge is 2.27. The lowest BCUT2D eigenvalue weighted by molar-refractivity contribution is 0.565. The molecule has 1 aliphatic carbocycles. The Morgan fingerprint density at radius 3 is 3.08 bits per heavy atom. The van der Waals surface area contributed by atoms with Crippen molar-refractivity contribution in [3.05, 3.63) is 0 Å². The normalized spacial score (nSPS) is 16.8. The van der Waals surface area contributed by atoms with E-state index in [0.29, 0.717) is 6.04 Å². The van der Waals surface area contributed by atoms with Crippen molar-refractivity contribution >= 4 is 27.7 Å². The molecule has 0 radical (unpaired) electrons. The van der Waals surface area contributed by atoms with Gasteiger partial charge in [0.25, 0.3) is 0 Å². The third-order valence-corrected chi connectivity index (χ3v) is 3.52. The second-order valence-corrected chi connectivity index (χ2v) is 4.53. The van der Waals surface area contributed by atoms with Gasteiger partial charge >= 0.3 is 0 Å². The van der Waals surface area contributed by atoms with Crippen LogP contribution in [0.4, 0.5) is 0 Å². The number of alkyl halides is 1. The highest BCUT2D eigenvalue weighted by atomic mass is 79.9. The van der Waals surface area contributed by atoms with E-state index in [2.05, 4.69) is 31.5 Å². The van der Waals surface area contributed by atoms with Gasteiger partial charge < -0.3 is 0 Å². The number of hydrogen-bond acceptors (Lipinski definition) is 4. The Balaban J connectivity index is 2.03. The van der Waals surface area contributed by atoms with Crippen LogP contribution < -0.4 is 0 Å². The summed E-state index contributed by atoms with van der Waals surface area (Å²) in [5.74, 6) is 1.02. The molecule has 2 rings (SSSR count). The van der Waals surface area contributed by atoms with Gasteiger partial charge in [0.1, 0.15) is 0 Å². The van der Waals surface area contributed by atoms with Gasteiger partial charge in [-0.1, -0.05) is 27.7 Å². The molecule has 1 aromatic rings. The molecule has 0 N–H and O–H groups in total. The first-order valence-corrected chi connectivity index (χ1v) is 5.99. The molecule has 1 saturated carbocycles. The fourth-order valence-corrected chi connectivity index (χ4v) is 2.12. The second kappa shape index (κ2) is 3.74. The zero-order chi connectivity index (χ0) is 8.39. The molecule has 0 spiro atoms. The van der Waals surface area contributed by atoms with Crippen molar-refractivity contribution in [3.8, 4) is 0 Å². The lowest BCUT2D eigenvalue weighted by atomic mass is 10.7. The summed E-state index contributed by atoms with van der Waals surface area (Å²) in [5.41, 5.74) is 0. The predicted octanol–water partition coefficient (Wildman–Crippen LogP) is 1.49. The molecule has 6 heteroatoms. The molecule has 0 bridgehead atoms. The van der Waals surface area contributed by atoms with Crippen LogP contribution in [0.5, 0.6) is 0 Å². The van der Waals surface area contributed by atoms with Crippen LogP contribution in [0.1, 0.15) is 18.9 Å². The highest BCUT2D eigenvalue weighted by Crippen LogP contribution is 2.36. The molecule has 0 aliphatic heterocycles. The topological polar surface area (TPSA) is 43.6 Å². The van der Waals surface area contributed by atoms with Crippen molar-refractivity contribution in [2.24, 2.45) is 0 Å². The molecule has 0 amide bonds. The summed E-state index contributed by atoms with van der Waals surface area (Å²) in [6.07, 6.45) is 2.46. The molecule has 0 atom stereocenters. The number of halogens is 1. The standard InChI is InChI=1S/C6H9BrN4S/c7-3-4-12-6-8-9-10-11(6)5-1-2-5/h5H,1-4H2. The van der Waals surface area contributed by atoms with Crippen LogP contribution in [0, 0.1) is 0 Å². The number of hydrogen-bond donors (Lipinski definition) is 0. The van der Waals surface area contributed by atoms with Gasteiger partial charge in [-0.15, -0.1) is 5.10 Å². The molecule has 1 aromatic heterocycles.